The predicted octanol–water partition coefficient (Wildman–Crippen LogP) is 1.58. The first-order valence-corrected chi connectivity index (χ1v) is 10.6. The maximum absolute atomic E-state index is 11.5. The number of quaternary nitrogens is 1. The molecule has 1 aliphatic heterocycles. The summed E-state index contributed by atoms with van der Waals surface area (Å²) < 4.78 is 1.53. The number of primary amides is 1. The first-order valence-electron chi connectivity index (χ1n) is 9.44. The number of aromatic hydroxyl groups is 1. The molecule has 28 heavy (non-hydrogen) atoms. The lowest BCUT2D eigenvalue weighted by molar-refractivity contribution is -0.930. The summed E-state index contributed by atoms with van der Waals surface area (Å²) in [5.74, 6) is 0.552. The zero-order valence-corrected chi connectivity index (χ0v) is 17.1. The van der Waals surface area contributed by atoms with E-state index in [4.69, 9.17) is 17.3 Å². The van der Waals surface area contributed by atoms with Gasteiger partial charge in [-0.3, -0.25) is 4.79 Å². The molecule has 0 aliphatic carbocycles. The second kappa shape index (κ2) is 7.69. The number of carbonyl (C=O) groups excluding carboxylic acids is 1. The van der Waals surface area contributed by atoms with E-state index in [1.807, 2.05) is 31.2 Å². The van der Waals surface area contributed by atoms with Crippen LogP contribution in [0.3, 0.4) is 0 Å². The van der Waals surface area contributed by atoms with Crippen LogP contribution < -0.4 is 10.6 Å². The van der Waals surface area contributed by atoms with Crippen molar-refractivity contribution in [2.75, 3.05) is 13.1 Å². The maximum atomic E-state index is 11.5. The van der Waals surface area contributed by atoms with Crippen LogP contribution in [-0.4, -0.2) is 38.7 Å². The zero-order chi connectivity index (χ0) is 19.8. The van der Waals surface area contributed by atoms with E-state index in [0.29, 0.717) is 15.8 Å². The van der Waals surface area contributed by atoms with E-state index in [1.165, 1.54) is 20.8 Å². The van der Waals surface area contributed by atoms with Gasteiger partial charge in [-0.25, -0.2) is 4.98 Å². The molecule has 4 rings (SSSR count). The van der Waals surface area contributed by atoms with Crippen LogP contribution in [0.2, 0.25) is 5.02 Å². The van der Waals surface area contributed by atoms with Crippen molar-refractivity contribution in [2.24, 2.45) is 11.7 Å². The van der Waals surface area contributed by atoms with Crippen LogP contribution in [0, 0.1) is 5.92 Å². The van der Waals surface area contributed by atoms with Gasteiger partial charge in [0.05, 0.1) is 13.1 Å². The smallest absolute Gasteiger partial charge is 0.235 e. The number of amides is 1. The first-order chi connectivity index (χ1) is 13.5. The Morgan fingerprint density at radius 2 is 2.07 bits per heavy atom. The Morgan fingerprint density at radius 3 is 2.64 bits per heavy atom. The third kappa shape index (κ3) is 3.47. The van der Waals surface area contributed by atoms with E-state index in [9.17, 15) is 9.90 Å². The lowest BCUT2D eigenvalue weighted by Gasteiger charge is -2.33. The largest absolute Gasteiger partial charge is 0.492 e. The van der Waals surface area contributed by atoms with Crippen LogP contribution in [0.4, 0.5) is 0 Å². The third-order valence-electron chi connectivity index (χ3n) is 5.46. The molecule has 1 aliphatic rings. The Labute approximate surface area is 171 Å². The van der Waals surface area contributed by atoms with Crippen molar-refractivity contribution in [3.8, 4) is 5.88 Å². The van der Waals surface area contributed by atoms with E-state index in [0.717, 1.165) is 42.8 Å². The average Bonchev–Trinajstić information content (AvgIpc) is 3.23. The van der Waals surface area contributed by atoms with Crippen LogP contribution in [0.1, 0.15) is 42.1 Å². The maximum Gasteiger partial charge on any atom is 0.235 e. The Hall–Kier alpha value is -2.16. The molecular formula is C19H23ClN5O2S+. The van der Waals surface area contributed by atoms with Gasteiger partial charge >= 0.3 is 0 Å². The molecule has 1 aromatic carbocycles. The fourth-order valence-electron chi connectivity index (χ4n) is 3.92. The molecule has 0 spiro atoms. The number of thiazole rings is 1. The molecule has 4 N–H and O–H groups in total. The van der Waals surface area contributed by atoms with Gasteiger partial charge in [0.2, 0.25) is 16.7 Å². The Kier molecular flexibility index (Phi) is 5.27. The normalized spacial score (nSPS) is 21.1. The van der Waals surface area contributed by atoms with E-state index in [-0.39, 0.29) is 23.7 Å². The highest BCUT2D eigenvalue weighted by Gasteiger charge is 2.36. The molecule has 1 saturated heterocycles. The molecule has 0 radical (unpaired) electrons. The number of hydrogen-bond acceptors (Lipinski definition) is 5. The Morgan fingerprint density at radius 1 is 1.39 bits per heavy atom. The fourth-order valence-corrected chi connectivity index (χ4v) is 5.20. The predicted molar refractivity (Wildman–Crippen MR) is 108 cm³/mol. The molecule has 0 unspecified atom stereocenters. The number of nitrogens with two attached hydrogens (primary N) is 1. The molecule has 148 valence electrons. The van der Waals surface area contributed by atoms with E-state index >= 15 is 0 Å². The van der Waals surface area contributed by atoms with Gasteiger partial charge in [-0.1, -0.05) is 42.0 Å². The average molecular weight is 421 g/mol. The van der Waals surface area contributed by atoms with E-state index in [1.54, 1.807) is 0 Å². The molecule has 2 aromatic heterocycles. The Bertz CT molecular complexity index is 992. The number of carbonyl (C=O) groups is 1. The molecule has 3 aromatic rings. The zero-order valence-electron chi connectivity index (χ0n) is 15.6. The summed E-state index contributed by atoms with van der Waals surface area (Å²) in [6.07, 6.45) is 2.21. The number of nitrogens with zero attached hydrogens (tertiary/aromatic N) is 3. The summed E-state index contributed by atoms with van der Waals surface area (Å²) in [6, 6.07) is 7.63. The van der Waals surface area contributed by atoms with Gasteiger partial charge in [0.1, 0.15) is 4.88 Å². The highest BCUT2D eigenvalue weighted by Crippen LogP contribution is 2.35. The first kappa shape index (κ1) is 19.2. The minimum Gasteiger partial charge on any atom is -0.492 e. The van der Waals surface area contributed by atoms with Crippen molar-refractivity contribution < 1.29 is 14.8 Å². The topological polar surface area (TPSA) is 98.0 Å². The summed E-state index contributed by atoms with van der Waals surface area (Å²) in [5.41, 5.74) is 6.56. The number of aryl methyl sites for hydroxylation is 1. The number of fused-ring (bicyclic) bond motifs is 1. The fraction of sp³-hybridized carbons (Fsp3) is 0.421. The van der Waals surface area contributed by atoms with E-state index < -0.39 is 0 Å². The van der Waals surface area contributed by atoms with Crippen molar-refractivity contribution in [1.82, 2.24) is 14.6 Å². The van der Waals surface area contributed by atoms with E-state index in [2.05, 4.69) is 10.1 Å². The van der Waals surface area contributed by atoms with Crippen LogP contribution in [-0.2, 0) is 11.2 Å². The molecule has 0 bridgehead atoms. The van der Waals surface area contributed by atoms with Gasteiger partial charge in [0.15, 0.2) is 11.9 Å². The molecule has 7 nitrogen and oxygen atoms in total. The summed E-state index contributed by atoms with van der Waals surface area (Å²) in [4.78, 5) is 18.9. The van der Waals surface area contributed by atoms with Crippen LogP contribution in [0.25, 0.3) is 4.96 Å². The van der Waals surface area contributed by atoms with Crippen molar-refractivity contribution in [3.05, 3.63) is 45.6 Å². The standard InChI is InChI=1S/C19H22ClN5O2S/c1-2-14-22-19-25(23-14)18(27)16(28-19)15(11-3-5-13(20)6-4-11)24-9-7-12(8-10-24)17(21)26/h3-6,12,15,27H,2,7-10H2,1H3,(H2,21,26)/p+1/t15-/m0/s1. The summed E-state index contributed by atoms with van der Waals surface area (Å²) in [5, 5.41) is 16.0. The molecular weight excluding hydrogens is 398 g/mol. The number of piperidine rings is 1. The molecule has 1 amide bonds. The van der Waals surface area contributed by atoms with Gasteiger partial charge < -0.3 is 15.7 Å². The number of likely N-dealkylation sites (tertiary alicyclic amines) is 1. The number of aromatic nitrogens is 3. The van der Waals surface area contributed by atoms with Gasteiger partial charge in [-0.15, -0.1) is 5.10 Å². The number of nitrogens with one attached hydrogen (secondary N) is 1. The van der Waals surface area contributed by atoms with Crippen LogP contribution >= 0.6 is 22.9 Å². The number of halogens is 1. The number of rotatable bonds is 5. The Balaban J connectivity index is 1.73. The van der Waals surface area contributed by atoms with Gasteiger partial charge in [0.25, 0.3) is 0 Å². The number of benzene rings is 1. The number of hydrogen-bond donors (Lipinski definition) is 3. The molecule has 0 saturated carbocycles. The lowest BCUT2D eigenvalue weighted by atomic mass is 9.93. The quantitative estimate of drug-likeness (QED) is 0.583. The van der Waals surface area contributed by atoms with Crippen molar-refractivity contribution in [3.63, 3.8) is 0 Å². The lowest BCUT2D eigenvalue weighted by Crippen LogP contribution is -3.13. The minimum atomic E-state index is -0.226. The summed E-state index contributed by atoms with van der Waals surface area (Å²) >= 11 is 7.55. The molecule has 3 heterocycles. The highest BCUT2D eigenvalue weighted by molar-refractivity contribution is 7.17. The highest BCUT2D eigenvalue weighted by atomic mass is 35.5. The van der Waals surface area contributed by atoms with Gasteiger partial charge in [-0.2, -0.15) is 4.52 Å². The van der Waals surface area contributed by atoms with Gasteiger partial charge in [-0.05, 0) is 12.1 Å². The van der Waals surface area contributed by atoms with Crippen molar-refractivity contribution in [1.29, 1.82) is 0 Å². The minimum absolute atomic E-state index is 0.0716. The van der Waals surface area contributed by atoms with Crippen molar-refractivity contribution in [2.45, 2.75) is 32.2 Å². The van der Waals surface area contributed by atoms with Crippen LogP contribution in [0.15, 0.2) is 24.3 Å². The monoisotopic (exact) mass is 420 g/mol. The SMILES string of the molecule is CCc1nc2sc([C@H](c3ccc(Cl)cc3)[NH+]3CCC(C(N)=O)CC3)c(O)n2n1. The van der Waals surface area contributed by atoms with Crippen LogP contribution in [0.5, 0.6) is 5.88 Å². The summed E-state index contributed by atoms with van der Waals surface area (Å²) in [6.45, 7) is 3.59. The molecule has 9 heteroatoms. The van der Waals surface area contributed by atoms with Gasteiger partial charge in [0, 0.05) is 35.8 Å². The second-order valence-electron chi connectivity index (χ2n) is 7.19. The second-order valence-corrected chi connectivity index (χ2v) is 8.63. The third-order valence-corrected chi connectivity index (χ3v) is 6.80. The molecule has 1 fully saturated rings. The molecule has 1 atom stereocenters. The summed E-state index contributed by atoms with van der Waals surface area (Å²) in [7, 11) is 0. The van der Waals surface area contributed by atoms with Crippen molar-refractivity contribution >= 4 is 33.8 Å².